The van der Waals surface area contributed by atoms with Crippen LogP contribution < -0.4 is 0 Å². The van der Waals surface area contributed by atoms with Gasteiger partial charge in [-0.3, -0.25) is 0 Å². The number of allylic oxidation sites excluding steroid dienone is 1. The Kier molecular flexibility index (Phi) is 4.05. The highest BCUT2D eigenvalue weighted by molar-refractivity contribution is 9.10. The van der Waals surface area contributed by atoms with Gasteiger partial charge in [-0.2, -0.15) is 0 Å². The number of hydrogen-bond donors (Lipinski definition) is 1. The molecule has 0 bridgehead atoms. The van der Waals surface area contributed by atoms with Crippen LogP contribution in [-0.4, -0.2) is 11.7 Å². The van der Waals surface area contributed by atoms with Crippen molar-refractivity contribution in [1.82, 2.24) is 0 Å². The second kappa shape index (κ2) is 5.12. The average Bonchev–Trinajstić information content (AvgIpc) is 2.09. The molecule has 1 aromatic carbocycles. The first-order valence-corrected chi connectivity index (χ1v) is 4.62. The van der Waals surface area contributed by atoms with Crippen LogP contribution in [0.25, 0.3) is 0 Å². The van der Waals surface area contributed by atoms with E-state index in [0.717, 1.165) is 10.9 Å². The van der Waals surface area contributed by atoms with E-state index in [1.807, 2.05) is 18.2 Å². The largest absolute Gasteiger partial charge is 0.392 e. The molecule has 0 saturated heterocycles. The highest BCUT2D eigenvalue weighted by Crippen LogP contribution is 2.10. The van der Waals surface area contributed by atoms with E-state index in [1.54, 1.807) is 6.08 Å². The summed E-state index contributed by atoms with van der Waals surface area (Å²) in [5.41, 5.74) is 1.25. The fourth-order valence-electron chi connectivity index (χ4n) is 0.914. The molecule has 64 valence electrons. The molecule has 0 fully saturated rings. The minimum Gasteiger partial charge on any atom is -0.392 e. The van der Waals surface area contributed by atoms with E-state index < -0.39 is 0 Å². The summed E-state index contributed by atoms with van der Waals surface area (Å²) in [7, 11) is 0. The van der Waals surface area contributed by atoms with E-state index >= 15 is 0 Å². The van der Waals surface area contributed by atoms with Gasteiger partial charge in [0.1, 0.15) is 0 Å². The number of rotatable bonds is 3. The van der Waals surface area contributed by atoms with Gasteiger partial charge in [0.25, 0.3) is 0 Å². The van der Waals surface area contributed by atoms with Crippen LogP contribution >= 0.6 is 15.9 Å². The van der Waals surface area contributed by atoms with E-state index in [4.69, 9.17) is 5.11 Å². The first-order valence-electron chi connectivity index (χ1n) is 3.83. The zero-order valence-corrected chi connectivity index (χ0v) is 8.29. The van der Waals surface area contributed by atoms with Crippen molar-refractivity contribution in [1.29, 1.82) is 0 Å². The number of halogens is 1. The summed E-state index contributed by atoms with van der Waals surface area (Å²) in [5.74, 6) is 0. The lowest BCUT2D eigenvalue weighted by Gasteiger charge is -1.95. The van der Waals surface area contributed by atoms with Crippen molar-refractivity contribution >= 4 is 15.9 Å². The average molecular weight is 227 g/mol. The highest BCUT2D eigenvalue weighted by Gasteiger charge is 1.88. The maximum atomic E-state index is 8.49. The summed E-state index contributed by atoms with van der Waals surface area (Å²) in [6, 6.07) is 8.15. The molecule has 0 atom stereocenters. The van der Waals surface area contributed by atoms with Crippen molar-refractivity contribution in [2.24, 2.45) is 0 Å². The minimum atomic E-state index is 0.122. The van der Waals surface area contributed by atoms with Gasteiger partial charge in [-0.1, -0.05) is 40.2 Å². The molecule has 0 aliphatic carbocycles. The Bertz CT molecular complexity index is 251. The molecule has 1 N–H and O–H groups in total. The van der Waals surface area contributed by atoms with E-state index in [9.17, 15) is 0 Å². The first-order chi connectivity index (χ1) is 5.83. The summed E-state index contributed by atoms with van der Waals surface area (Å²) in [6.45, 7) is 0.122. The third kappa shape index (κ3) is 3.20. The van der Waals surface area contributed by atoms with Gasteiger partial charge in [0.2, 0.25) is 0 Å². The van der Waals surface area contributed by atoms with Gasteiger partial charge in [-0.25, -0.2) is 0 Å². The summed E-state index contributed by atoms with van der Waals surface area (Å²) in [5, 5.41) is 8.49. The van der Waals surface area contributed by atoms with Gasteiger partial charge in [-0.05, 0) is 24.1 Å². The molecule has 1 rings (SSSR count). The molecule has 0 heterocycles. The van der Waals surface area contributed by atoms with Crippen molar-refractivity contribution in [3.63, 3.8) is 0 Å². The highest BCUT2D eigenvalue weighted by atomic mass is 79.9. The van der Waals surface area contributed by atoms with Gasteiger partial charge in [0.05, 0.1) is 6.61 Å². The van der Waals surface area contributed by atoms with Gasteiger partial charge < -0.3 is 5.11 Å². The zero-order valence-electron chi connectivity index (χ0n) is 6.70. The molecule has 0 unspecified atom stereocenters. The van der Waals surface area contributed by atoms with Gasteiger partial charge in [-0.15, -0.1) is 0 Å². The third-order valence-corrected chi connectivity index (χ3v) is 2.07. The predicted molar refractivity (Wildman–Crippen MR) is 54.1 cm³/mol. The molecule has 2 heteroatoms. The van der Waals surface area contributed by atoms with Crippen LogP contribution in [0.15, 0.2) is 40.9 Å². The van der Waals surface area contributed by atoms with Crippen molar-refractivity contribution in [2.75, 3.05) is 6.61 Å². The number of aliphatic hydroxyl groups is 1. The molecule has 1 aromatic rings. The molecule has 0 radical (unpaired) electrons. The summed E-state index contributed by atoms with van der Waals surface area (Å²) >= 11 is 3.37. The quantitative estimate of drug-likeness (QED) is 0.786. The molecule has 0 aromatic heterocycles. The second-order valence-electron chi connectivity index (χ2n) is 2.48. The smallest absolute Gasteiger partial charge is 0.0612 e. The van der Waals surface area contributed by atoms with Crippen LogP contribution in [0, 0.1) is 0 Å². The predicted octanol–water partition coefficient (Wildman–Crippen LogP) is 2.54. The number of aliphatic hydroxyl groups excluding tert-OH is 1. The van der Waals surface area contributed by atoms with Crippen LogP contribution in [-0.2, 0) is 6.42 Å². The van der Waals surface area contributed by atoms with Crippen molar-refractivity contribution in [3.05, 3.63) is 46.5 Å². The maximum absolute atomic E-state index is 8.49. The first kappa shape index (κ1) is 9.49. The Morgan fingerprint density at radius 1 is 1.17 bits per heavy atom. The summed E-state index contributed by atoms with van der Waals surface area (Å²) < 4.78 is 1.09. The van der Waals surface area contributed by atoms with Crippen LogP contribution in [0.1, 0.15) is 5.56 Å². The fourth-order valence-corrected chi connectivity index (χ4v) is 1.18. The van der Waals surface area contributed by atoms with Crippen molar-refractivity contribution in [3.8, 4) is 0 Å². The van der Waals surface area contributed by atoms with Crippen molar-refractivity contribution < 1.29 is 5.11 Å². The van der Waals surface area contributed by atoms with Crippen LogP contribution in [0.2, 0.25) is 0 Å². The van der Waals surface area contributed by atoms with Gasteiger partial charge >= 0.3 is 0 Å². The van der Waals surface area contributed by atoms with E-state index in [0.29, 0.717) is 0 Å². The molecule has 0 saturated carbocycles. The fraction of sp³-hybridized carbons (Fsp3) is 0.200. The molecule has 0 amide bonds. The lowest BCUT2D eigenvalue weighted by Crippen LogP contribution is -1.80. The molecular formula is C10H11BrO. The topological polar surface area (TPSA) is 20.2 Å². The van der Waals surface area contributed by atoms with Gasteiger partial charge in [0, 0.05) is 4.47 Å². The molecular weight excluding hydrogens is 216 g/mol. The normalized spacial score (nSPS) is 10.8. The Morgan fingerprint density at radius 2 is 1.83 bits per heavy atom. The number of benzene rings is 1. The summed E-state index contributed by atoms with van der Waals surface area (Å²) in [6.07, 6.45) is 4.60. The Labute approximate surface area is 80.9 Å². The van der Waals surface area contributed by atoms with E-state index in [-0.39, 0.29) is 6.61 Å². The molecule has 0 spiro atoms. The zero-order chi connectivity index (χ0) is 8.81. The molecule has 0 aliphatic rings. The standard InChI is InChI=1S/C10H11BrO/c11-10-6-4-9(5-7-10)3-1-2-8-12/h1-2,4-7,12H,3,8H2/b2-1+. The van der Waals surface area contributed by atoms with Crippen molar-refractivity contribution in [2.45, 2.75) is 6.42 Å². The van der Waals surface area contributed by atoms with Crippen LogP contribution in [0.3, 0.4) is 0 Å². The van der Waals surface area contributed by atoms with Crippen LogP contribution in [0.4, 0.5) is 0 Å². The molecule has 1 nitrogen and oxygen atoms in total. The lowest BCUT2D eigenvalue weighted by molar-refractivity contribution is 0.342. The van der Waals surface area contributed by atoms with Crippen LogP contribution in [0.5, 0.6) is 0 Å². The lowest BCUT2D eigenvalue weighted by atomic mass is 10.1. The molecule has 0 aliphatic heterocycles. The monoisotopic (exact) mass is 226 g/mol. The SMILES string of the molecule is OC/C=C/Cc1ccc(Br)cc1. The second-order valence-corrected chi connectivity index (χ2v) is 3.40. The Hall–Kier alpha value is -0.600. The third-order valence-electron chi connectivity index (χ3n) is 1.54. The Morgan fingerprint density at radius 3 is 2.42 bits per heavy atom. The van der Waals surface area contributed by atoms with E-state index in [1.165, 1.54) is 5.56 Å². The minimum absolute atomic E-state index is 0.122. The summed E-state index contributed by atoms with van der Waals surface area (Å²) in [4.78, 5) is 0. The molecule has 12 heavy (non-hydrogen) atoms. The van der Waals surface area contributed by atoms with Gasteiger partial charge in [0.15, 0.2) is 0 Å². The Balaban J connectivity index is 2.53. The van der Waals surface area contributed by atoms with E-state index in [2.05, 4.69) is 28.1 Å². The number of hydrogen-bond acceptors (Lipinski definition) is 1. The maximum Gasteiger partial charge on any atom is 0.0612 e.